The van der Waals surface area contributed by atoms with Crippen molar-refractivity contribution in [3.63, 3.8) is 0 Å². The molecule has 0 bridgehead atoms. The highest BCUT2D eigenvalue weighted by atomic mass is 16.5. The van der Waals surface area contributed by atoms with E-state index < -0.39 is 11.9 Å². The van der Waals surface area contributed by atoms with Crippen molar-refractivity contribution in [2.24, 2.45) is 4.99 Å². The van der Waals surface area contributed by atoms with Crippen LogP contribution in [0.15, 0.2) is 77.8 Å². The summed E-state index contributed by atoms with van der Waals surface area (Å²) in [6, 6.07) is 21.9. The molecule has 238 valence electrons. The quantitative estimate of drug-likeness (QED) is 0.181. The predicted molar refractivity (Wildman–Crippen MR) is 180 cm³/mol. The molecule has 3 aromatic rings. The summed E-state index contributed by atoms with van der Waals surface area (Å²) in [5, 5.41) is 2.91. The molecule has 1 atom stereocenters. The lowest BCUT2D eigenvalue weighted by Crippen LogP contribution is -2.42. The van der Waals surface area contributed by atoms with Crippen LogP contribution in [0.3, 0.4) is 0 Å². The maximum absolute atomic E-state index is 13.7. The van der Waals surface area contributed by atoms with E-state index >= 15 is 0 Å². The Labute approximate surface area is 266 Å². The number of esters is 1. The molecule has 1 aliphatic rings. The Kier molecular flexibility index (Phi) is 12.0. The van der Waals surface area contributed by atoms with Gasteiger partial charge in [0.1, 0.15) is 5.92 Å². The molecular formula is C36H45N5O4. The van der Waals surface area contributed by atoms with E-state index in [1.165, 1.54) is 7.11 Å². The van der Waals surface area contributed by atoms with Crippen LogP contribution in [0, 0.1) is 0 Å². The minimum Gasteiger partial charge on any atom is -0.465 e. The molecule has 9 nitrogen and oxygen atoms in total. The van der Waals surface area contributed by atoms with Crippen LogP contribution >= 0.6 is 0 Å². The topological polar surface area (TPSA) is 94.5 Å². The molecule has 0 radical (unpaired) electrons. The van der Waals surface area contributed by atoms with Crippen molar-refractivity contribution in [2.45, 2.75) is 33.6 Å². The summed E-state index contributed by atoms with van der Waals surface area (Å²) in [6.07, 6.45) is 0. The van der Waals surface area contributed by atoms with Crippen LogP contribution in [-0.4, -0.2) is 97.7 Å². The molecule has 1 aliphatic heterocycles. The van der Waals surface area contributed by atoms with Gasteiger partial charge in [0.2, 0.25) is 5.91 Å². The number of rotatable bonds is 15. The molecule has 0 aromatic heterocycles. The van der Waals surface area contributed by atoms with Crippen molar-refractivity contribution >= 4 is 34.9 Å². The van der Waals surface area contributed by atoms with E-state index in [4.69, 9.17) is 9.73 Å². The second-order valence-corrected chi connectivity index (χ2v) is 11.0. The van der Waals surface area contributed by atoms with Crippen LogP contribution in [0.1, 0.15) is 65.5 Å². The van der Waals surface area contributed by atoms with Gasteiger partial charge in [-0.25, -0.2) is 4.79 Å². The predicted octanol–water partition coefficient (Wildman–Crippen LogP) is 5.46. The van der Waals surface area contributed by atoms with Gasteiger partial charge in [0.05, 0.1) is 24.1 Å². The van der Waals surface area contributed by atoms with Crippen LogP contribution in [0.25, 0.3) is 0 Å². The number of fused-ring (bicyclic) bond motifs is 1. The summed E-state index contributed by atoms with van der Waals surface area (Å²) >= 11 is 0. The Balaban J connectivity index is 1.63. The van der Waals surface area contributed by atoms with Gasteiger partial charge in [0.25, 0.3) is 5.91 Å². The number of likely N-dealkylation sites (N-methyl/N-ethyl adjacent to an activating group) is 2. The summed E-state index contributed by atoms with van der Waals surface area (Å²) < 4.78 is 4.85. The fraction of sp³-hybridized carbons (Fsp3) is 0.389. The van der Waals surface area contributed by atoms with E-state index in [1.54, 1.807) is 18.2 Å². The van der Waals surface area contributed by atoms with Gasteiger partial charge in [0.15, 0.2) is 0 Å². The molecule has 1 heterocycles. The summed E-state index contributed by atoms with van der Waals surface area (Å²) in [6.45, 7) is 15.3. The first-order valence-corrected chi connectivity index (χ1v) is 15.8. The van der Waals surface area contributed by atoms with Gasteiger partial charge in [-0.2, -0.15) is 0 Å². The zero-order valence-electron chi connectivity index (χ0n) is 27.1. The maximum atomic E-state index is 13.7. The summed E-state index contributed by atoms with van der Waals surface area (Å²) in [5.41, 5.74) is 4.28. The molecule has 4 rings (SSSR count). The van der Waals surface area contributed by atoms with Crippen LogP contribution in [0.5, 0.6) is 0 Å². The van der Waals surface area contributed by atoms with Crippen LogP contribution in [-0.2, 0) is 9.53 Å². The summed E-state index contributed by atoms with van der Waals surface area (Å²) in [7, 11) is 1.33. The lowest BCUT2D eigenvalue weighted by atomic mass is 9.90. The molecule has 3 aromatic carbocycles. The van der Waals surface area contributed by atoms with E-state index in [0.717, 1.165) is 50.4 Å². The molecule has 1 unspecified atom stereocenters. The van der Waals surface area contributed by atoms with Crippen molar-refractivity contribution < 1.29 is 19.1 Å². The number of carbonyl (C=O) groups excluding carboxylic acids is 3. The minimum absolute atomic E-state index is 0.00127. The average molecular weight is 612 g/mol. The largest absolute Gasteiger partial charge is 0.465 e. The Hall–Kier alpha value is -4.34. The fourth-order valence-corrected chi connectivity index (χ4v) is 5.60. The maximum Gasteiger partial charge on any atom is 0.337 e. The molecule has 1 N–H and O–H groups in total. The summed E-state index contributed by atoms with van der Waals surface area (Å²) in [4.78, 5) is 50.7. The molecule has 0 fully saturated rings. The van der Waals surface area contributed by atoms with E-state index in [9.17, 15) is 14.4 Å². The molecule has 45 heavy (non-hydrogen) atoms. The Morgan fingerprint density at radius 2 is 1.33 bits per heavy atom. The van der Waals surface area contributed by atoms with E-state index in [1.807, 2.05) is 59.5 Å². The normalized spacial score (nSPS) is 14.4. The van der Waals surface area contributed by atoms with Gasteiger partial charge in [-0.05, 0) is 73.7 Å². The third-order valence-corrected chi connectivity index (χ3v) is 8.46. The monoisotopic (exact) mass is 611 g/mol. The Bertz CT molecular complexity index is 1470. The molecular weight excluding hydrogens is 566 g/mol. The molecule has 0 saturated heterocycles. The standard InChI is InChI=1S/C36H45N5O4/c1-6-39(7-2)21-23-41(24-22-40(8-3)9-4)35(43)27-15-18-29(19-16-27)37-33(26-13-11-10-12-14-26)32-30-20-17-28(36(44)45-5)25-31(30)38-34(32)42/h10-20,25,32H,6-9,21-24H2,1-5H3,(H,38,42). The highest BCUT2D eigenvalue weighted by Gasteiger charge is 2.36. The first-order chi connectivity index (χ1) is 21.8. The van der Waals surface area contributed by atoms with E-state index in [0.29, 0.717) is 41.3 Å². The Morgan fingerprint density at radius 3 is 1.89 bits per heavy atom. The first kappa shape index (κ1) is 33.6. The zero-order valence-corrected chi connectivity index (χ0v) is 27.1. The van der Waals surface area contributed by atoms with Crippen molar-refractivity contribution in [1.29, 1.82) is 0 Å². The summed E-state index contributed by atoms with van der Waals surface area (Å²) in [5.74, 6) is -1.37. The number of nitrogens with zero attached hydrogens (tertiary/aromatic N) is 4. The van der Waals surface area contributed by atoms with Crippen molar-refractivity contribution in [1.82, 2.24) is 14.7 Å². The number of amides is 2. The third-order valence-electron chi connectivity index (χ3n) is 8.46. The van der Waals surface area contributed by atoms with Gasteiger partial charge in [-0.1, -0.05) is 64.1 Å². The number of ether oxygens (including phenoxy) is 1. The molecule has 0 aliphatic carbocycles. The van der Waals surface area contributed by atoms with Gasteiger partial charge in [0, 0.05) is 37.4 Å². The highest BCUT2D eigenvalue weighted by Crippen LogP contribution is 2.37. The second kappa shape index (κ2) is 16.1. The minimum atomic E-state index is -0.675. The first-order valence-electron chi connectivity index (χ1n) is 15.8. The van der Waals surface area contributed by atoms with Crippen molar-refractivity contribution in [2.75, 3.05) is 64.8 Å². The van der Waals surface area contributed by atoms with Gasteiger partial charge in [-0.3, -0.25) is 14.6 Å². The van der Waals surface area contributed by atoms with Gasteiger partial charge in [-0.15, -0.1) is 0 Å². The number of benzene rings is 3. The number of aliphatic imine (C=N–C) groups is 1. The smallest absolute Gasteiger partial charge is 0.337 e. The van der Waals surface area contributed by atoms with Gasteiger partial charge >= 0.3 is 5.97 Å². The van der Waals surface area contributed by atoms with E-state index in [2.05, 4.69) is 42.8 Å². The second-order valence-electron chi connectivity index (χ2n) is 11.0. The van der Waals surface area contributed by atoms with E-state index in [-0.39, 0.29) is 11.8 Å². The number of carbonyl (C=O) groups is 3. The number of hydrogen-bond donors (Lipinski definition) is 1. The lowest BCUT2D eigenvalue weighted by molar-refractivity contribution is -0.115. The average Bonchev–Trinajstić information content (AvgIpc) is 3.41. The lowest BCUT2D eigenvalue weighted by Gasteiger charge is -2.29. The van der Waals surface area contributed by atoms with Crippen LogP contribution < -0.4 is 5.32 Å². The number of methoxy groups -OCH3 is 1. The van der Waals surface area contributed by atoms with Crippen molar-refractivity contribution in [3.05, 3.63) is 95.1 Å². The third kappa shape index (κ3) is 8.23. The van der Waals surface area contributed by atoms with Crippen LogP contribution in [0.2, 0.25) is 0 Å². The molecule has 9 heteroatoms. The molecule has 0 spiro atoms. The number of nitrogens with one attached hydrogen (secondary N) is 1. The fourth-order valence-electron chi connectivity index (χ4n) is 5.60. The number of hydrogen-bond acceptors (Lipinski definition) is 7. The van der Waals surface area contributed by atoms with Crippen LogP contribution in [0.4, 0.5) is 11.4 Å². The highest BCUT2D eigenvalue weighted by molar-refractivity contribution is 6.24. The Morgan fingerprint density at radius 1 is 0.756 bits per heavy atom. The SMILES string of the molecule is CCN(CC)CCN(CCN(CC)CC)C(=O)c1ccc(N=C(c2ccccc2)C2C(=O)Nc3cc(C(=O)OC)ccc32)cc1. The zero-order chi connectivity index (χ0) is 32.3. The molecule has 0 saturated carbocycles. The number of anilines is 1. The van der Waals surface area contributed by atoms with Gasteiger partial charge < -0.3 is 24.8 Å². The van der Waals surface area contributed by atoms with Crippen molar-refractivity contribution in [3.8, 4) is 0 Å². The molecule has 2 amide bonds.